The van der Waals surface area contributed by atoms with E-state index in [4.69, 9.17) is 25.8 Å². The quantitative estimate of drug-likeness (QED) is 0.248. The van der Waals surface area contributed by atoms with E-state index in [-0.39, 0.29) is 5.91 Å². The first-order valence-corrected chi connectivity index (χ1v) is 12.9. The van der Waals surface area contributed by atoms with Crippen LogP contribution in [0.3, 0.4) is 0 Å². The maximum absolute atomic E-state index is 14.1. The standard InChI is InChI=1S/C26H29ClN4O3S/c1-5-30(6-2)14-15-31(26-28-21-13-12-18(33-7-3)16-22(21)35-26)25(32)23-17(4)34-29-24(23)19-10-8-9-11-20(19)27/h8-13,16H,5-7,14-15H2,1-4H3. The lowest BCUT2D eigenvalue weighted by Gasteiger charge is -2.24. The number of ether oxygens (including phenoxy) is 1. The molecular weight excluding hydrogens is 484 g/mol. The van der Waals surface area contributed by atoms with E-state index < -0.39 is 0 Å². The second-order valence-electron chi connectivity index (χ2n) is 7.98. The molecule has 2 heterocycles. The Morgan fingerprint density at radius 3 is 2.60 bits per heavy atom. The van der Waals surface area contributed by atoms with Gasteiger partial charge in [-0.15, -0.1) is 0 Å². The molecule has 0 saturated carbocycles. The highest BCUT2D eigenvalue weighted by Crippen LogP contribution is 2.35. The molecule has 2 aromatic heterocycles. The number of amides is 1. The third-order valence-electron chi connectivity index (χ3n) is 5.88. The van der Waals surface area contributed by atoms with Gasteiger partial charge in [0.05, 0.1) is 21.8 Å². The Bertz CT molecular complexity index is 1320. The molecule has 0 spiro atoms. The van der Waals surface area contributed by atoms with Gasteiger partial charge < -0.3 is 14.2 Å². The predicted molar refractivity (Wildman–Crippen MR) is 142 cm³/mol. The van der Waals surface area contributed by atoms with Crippen LogP contribution in [0.25, 0.3) is 21.5 Å². The minimum Gasteiger partial charge on any atom is -0.494 e. The van der Waals surface area contributed by atoms with Gasteiger partial charge in [-0.3, -0.25) is 9.69 Å². The molecule has 1 amide bonds. The van der Waals surface area contributed by atoms with Crippen LogP contribution in [-0.4, -0.2) is 53.7 Å². The molecule has 0 aliphatic rings. The van der Waals surface area contributed by atoms with Crippen molar-refractivity contribution >= 4 is 44.2 Å². The number of nitrogens with zero attached hydrogens (tertiary/aromatic N) is 4. The number of thiazole rings is 1. The minimum atomic E-state index is -0.213. The number of hydrogen-bond donors (Lipinski definition) is 0. The van der Waals surface area contributed by atoms with Gasteiger partial charge in [0.15, 0.2) is 5.13 Å². The van der Waals surface area contributed by atoms with Crippen LogP contribution in [-0.2, 0) is 0 Å². The van der Waals surface area contributed by atoms with Crippen molar-refractivity contribution in [3.63, 3.8) is 0 Å². The molecule has 0 saturated heterocycles. The molecule has 184 valence electrons. The van der Waals surface area contributed by atoms with E-state index in [9.17, 15) is 4.79 Å². The van der Waals surface area contributed by atoms with Gasteiger partial charge in [-0.25, -0.2) is 4.98 Å². The van der Waals surface area contributed by atoms with Gasteiger partial charge in [0.1, 0.15) is 22.8 Å². The number of hydrogen-bond acceptors (Lipinski definition) is 7. The fourth-order valence-corrected chi connectivity index (χ4v) is 5.17. The molecule has 4 aromatic rings. The zero-order valence-corrected chi connectivity index (χ0v) is 21.9. The summed E-state index contributed by atoms with van der Waals surface area (Å²) >= 11 is 7.91. The number of fused-ring (bicyclic) bond motifs is 1. The summed E-state index contributed by atoms with van der Waals surface area (Å²) < 4.78 is 12.1. The molecule has 9 heteroatoms. The van der Waals surface area contributed by atoms with Gasteiger partial charge in [0.25, 0.3) is 5.91 Å². The molecule has 0 unspecified atom stereocenters. The average molecular weight is 513 g/mol. The second kappa shape index (κ2) is 11.2. The monoisotopic (exact) mass is 512 g/mol. The first kappa shape index (κ1) is 25.2. The van der Waals surface area contributed by atoms with Crippen molar-refractivity contribution in [1.29, 1.82) is 0 Å². The van der Waals surface area contributed by atoms with Crippen molar-refractivity contribution in [3.05, 3.63) is 58.8 Å². The molecule has 2 aromatic carbocycles. The second-order valence-corrected chi connectivity index (χ2v) is 9.40. The van der Waals surface area contributed by atoms with Gasteiger partial charge in [0, 0.05) is 18.7 Å². The van der Waals surface area contributed by atoms with Crippen molar-refractivity contribution in [3.8, 4) is 17.0 Å². The highest BCUT2D eigenvalue weighted by molar-refractivity contribution is 7.22. The Hall–Kier alpha value is -2.94. The lowest BCUT2D eigenvalue weighted by atomic mass is 10.1. The number of halogens is 1. The number of likely N-dealkylation sites (N-methyl/N-ethyl adjacent to an activating group) is 1. The summed E-state index contributed by atoms with van der Waals surface area (Å²) in [6.45, 7) is 11.5. The van der Waals surface area contributed by atoms with Crippen LogP contribution in [0.2, 0.25) is 5.02 Å². The Labute approximate surface area is 214 Å². The Balaban J connectivity index is 1.77. The Kier molecular flexibility index (Phi) is 8.05. The predicted octanol–water partition coefficient (Wildman–Crippen LogP) is 6.30. The normalized spacial score (nSPS) is 11.4. The lowest BCUT2D eigenvalue weighted by Crippen LogP contribution is -2.39. The molecular formula is C26H29ClN4O3S. The number of aromatic nitrogens is 2. The fourth-order valence-electron chi connectivity index (χ4n) is 3.93. The number of carbonyl (C=O) groups is 1. The molecule has 35 heavy (non-hydrogen) atoms. The zero-order valence-electron chi connectivity index (χ0n) is 20.4. The number of rotatable bonds is 10. The molecule has 0 bridgehead atoms. The number of aryl methyl sites for hydroxylation is 1. The molecule has 4 rings (SSSR count). The van der Waals surface area contributed by atoms with Gasteiger partial charge in [-0.1, -0.05) is 60.1 Å². The van der Waals surface area contributed by atoms with Crippen molar-refractivity contribution in [2.24, 2.45) is 0 Å². The van der Waals surface area contributed by atoms with Crippen LogP contribution in [0.5, 0.6) is 5.75 Å². The van der Waals surface area contributed by atoms with Crippen LogP contribution in [0.1, 0.15) is 36.9 Å². The summed E-state index contributed by atoms with van der Waals surface area (Å²) in [6, 6.07) is 13.1. The maximum Gasteiger partial charge on any atom is 0.266 e. The Morgan fingerprint density at radius 2 is 1.89 bits per heavy atom. The van der Waals surface area contributed by atoms with Crippen molar-refractivity contribution in [1.82, 2.24) is 15.0 Å². The number of benzene rings is 2. The molecule has 0 atom stereocenters. The SMILES string of the molecule is CCOc1ccc2nc(N(CCN(CC)CC)C(=O)c3c(-c4ccccc4Cl)noc3C)sc2c1. The largest absolute Gasteiger partial charge is 0.494 e. The molecule has 7 nitrogen and oxygen atoms in total. The molecule has 0 aliphatic heterocycles. The average Bonchev–Trinajstić information content (AvgIpc) is 3.45. The zero-order chi connectivity index (χ0) is 24.9. The summed E-state index contributed by atoms with van der Waals surface area (Å²) in [7, 11) is 0. The Morgan fingerprint density at radius 1 is 1.11 bits per heavy atom. The van der Waals surface area contributed by atoms with Crippen LogP contribution in [0, 0.1) is 6.92 Å². The van der Waals surface area contributed by atoms with Crippen LogP contribution >= 0.6 is 22.9 Å². The first-order chi connectivity index (χ1) is 17.0. The van der Waals surface area contributed by atoms with Crippen molar-refractivity contribution in [2.75, 3.05) is 37.7 Å². The van der Waals surface area contributed by atoms with Crippen molar-refractivity contribution < 1.29 is 14.1 Å². The van der Waals surface area contributed by atoms with Gasteiger partial charge in [0.2, 0.25) is 0 Å². The summed E-state index contributed by atoms with van der Waals surface area (Å²) in [6.07, 6.45) is 0. The number of anilines is 1. The highest BCUT2D eigenvalue weighted by Gasteiger charge is 2.30. The van der Waals surface area contributed by atoms with E-state index >= 15 is 0 Å². The van der Waals surface area contributed by atoms with Crippen LogP contribution < -0.4 is 9.64 Å². The van der Waals surface area contributed by atoms with E-state index in [0.29, 0.717) is 52.4 Å². The third kappa shape index (κ3) is 5.34. The molecule has 0 fully saturated rings. The van der Waals surface area contributed by atoms with E-state index in [0.717, 1.165) is 29.1 Å². The minimum absolute atomic E-state index is 0.213. The first-order valence-electron chi connectivity index (χ1n) is 11.8. The van der Waals surface area contributed by atoms with E-state index in [1.165, 1.54) is 11.3 Å². The summed E-state index contributed by atoms with van der Waals surface area (Å²) in [5.74, 6) is 1.01. The van der Waals surface area contributed by atoms with Gasteiger partial charge >= 0.3 is 0 Å². The van der Waals surface area contributed by atoms with E-state index in [1.54, 1.807) is 17.9 Å². The lowest BCUT2D eigenvalue weighted by molar-refractivity contribution is 0.0983. The van der Waals surface area contributed by atoms with E-state index in [2.05, 4.69) is 23.9 Å². The summed E-state index contributed by atoms with van der Waals surface area (Å²) in [5.41, 5.74) is 2.31. The van der Waals surface area contributed by atoms with Crippen LogP contribution in [0.4, 0.5) is 5.13 Å². The van der Waals surface area contributed by atoms with Crippen molar-refractivity contribution in [2.45, 2.75) is 27.7 Å². The smallest absolute Gasteiger partial charge is 0.266 e. The summed E-state index contributed by atoms with van der Waals surface area (Å²) in [5, 5.41) is 5.32. The highest BCUT2D eigenvalue weighted by atomic mass is 35.5. The number of carbonyl (C=O) groups excluding carboxylic acids is 1. The van der Waals surface area contributed by atoms with Gasteiger partial charge in [-0.2, -0.15) is 0 Å². The molecule has 0 aliphatic carbocycles. The third-order valence-corrected chi connectivity index (χ3v) is 7.25. The topological polar surface area (TPSA) is 71.7 Å². The molecule has 0 radical (unpaired) electrons. The molecule has 0 N–H and O–H groups in total. The van der Waals surface area contributed by atoms with E-state index in [1.807, 2.05) is 43.3 Å². The fraction of sp³-hybridized carbons (Fsp3) is 0.346. The van der Waals surface area contributed by atoms with Crippen LogP contribution in [0.15, 0.2) is 47.0 Å². The van der Waals surface area contributed by atoms with Gasteiger partial charge in [-0.05, 0) is 51.2 Å². The maximum atomic E-state index is 14.1. The summed E-state index contributed by atoms with van der Waals surface area (Å²) in [4.78, 5) is 22.9.